The lowest BCUT2D eigenvalue weighted by Crippen LogP contribution is -2.28. The van der Waals surface area contributed by atoms with E-state index in [4.69, 9.17) is 4.74 Å². The van der Waals surface area contributed by atoms with Crippen molar-refractivity contribution in [2.75, 3.05) is 20.2 Å². The van der Waals surface area contributed by atoms with Crippen molar-refractivity contribution in [3.05, 3.63) is 36.6 Å². The molecular weight excluding hydrogens is 174 g/mol. The van der Waals surface area contributed by atoms with Crippen LogP contribution in [0, 0.1) is 5.92 Å². The number of hydrogen-bond acceptors (Lipinski definition) is 2. The predicted octanol–water partition coefficient (Wildman–Crippen LogP) is 2.26. The highest BCUT2D eigenvalue weighted by molar-refractivity contribution is 5.29. The molecule has 2 heteroatoms. The Balaban J connectivity index is 2.82. The Morgan fingerprint density at radius 3 is 2.36 bits per heavy atom. The molecule has 1 fully saturated rings. The van der Waals surface area contributed by atoms with Crippen LogP contribution in [0.25, 0.3) is 0 Å². The average Bonchev–Trinajstić information content (AvgIpc) is 2.27. The number of nitrogens with one attached hydrogen (secondary N) is 1. The Morgan fingerprint density at radius 1 is 1.29 bits per heavy atom. The second-order valence-electron chi connectivity index (χ2n) is 3.46. The minimum Gasteiger partial charge on any atom is -0.496 e. The minimum absolute atomic E-state index is 0.571. The van der Waals surface area contributed by atoms with E-state index in [1.54, 1.807) is 13.2 Å². The standard InChI is InChI=1S/C12H19NO/c1-4-11(12(5-2)14-3)10-6-8-13-9-7-10/h4-5,10,13H,1-2,6-9H2,3H3/b12-11-. The Kier molecular flexibility index (Phi) is 4.47. The van der Waals surface area contributed by atoms with Crippen LogP contribution < -0.4 is 5.32 Å². The Hall–Kier alpha value is -1.02. The van der Waals surface area contributed by atoms with Gasteiger partial charge in [0, 0.05) is 0 Å². The lowest BCUT2D eigenvalue weighted by Gasteiger charge is -2.24. The summed E-state index contributed by atoms with van der Waals surface area (Å²) in [5, 5.41) is 3.35. The summed E-state index contributed by atoms with van der Waals surface area (Å²) < 4.78 is 5.28. The van der Waals surface area contributed by atoms with Gasteiger partial charge in [0.25, 0.3) is 0 Å². The highest BCUT2D eigenvalue weighted by Crippen LogP contribution is 2.25. The molecule has 1 N–H and O–H groups in total. The Morgan fingerprint density at radius 2 is 1.93 bits per heavy atom. The molecule has 0 saturated carbocycles. The quantitative estimate of drug-likeness (QED) is 0.546. The molecule has 0 aromatic carbocycles. The van der Waals surface area contributed by atoms with Gasteiger partial charge in [0.15, 0.2) is 0 Å². The summed E-state index contributed by atoms with van der Waals surface area (Å²) in [6.07, 6.45) is 5.97. The van der Waals surface area contributed by atoms with E-state index in [2.05, 4.69) is 18.5 Å². The number of ether oxygens (including phenoxy) is 1. The van der Waals surface area contributed by atoms with E-state index in [1.165, 1.54) is 5.57 Å². The smallest absolute Gasteiger partial charge is 0.121 e. The third-order valence-corrected chi connectivity index (χ3v) is 2.69. The monoisotopic (exact) mass is 193 g/mol. The van der Waals surface area contributed by atoms with Gasteiger partial charge in [0.05, 0.1) is 7.11 Å². The van der Waals surface area contributed by atoms with Crippen molar-refractivity contribution in [1.29, 1.82) is 0 Å². The fraction of sp³-hybridized carbons (Fsp3) is 0.500. The number of piperidine rings is 1. The SMILES string of the molecule is C=C/C(OC)=C(\C=C)C1CCNCC1. The molecule has 78 valence electrons. The summed E-state index contributed by atoms with van der Waals surface area (Å²) in [6.45, 7) is 9.76. The zero-order chi connectivity index (χ0) is 10.4. The van der Waals surface area contributed by atoms with Crippen molar-refractivity contribution in [3.8, 4) is 0 Å². The highest BCUT2D eigenvalue weighted by atomic mass is 16.5. The molecule has 1 heterocycles. The van der Waals surface area contributed by atoms with Gasteiger partial charge in [-0.2, -0.15) is 0 Å². The van der Waals surface area contributed by atoms with Crippen molar-refractivity contribution in [2.24, 2.45) is 5.92 Å². The molecule has 2 nitrogen and oxygen atoms in total. The molecule has 1 aliphatic heterocycles. The first-order valence-corrected chi connectivity index (χ1v) is 5.07. The van der Waals surface area contributed by atoms with Crippen LogP contribution in [0.3, 0.4) is 0 Å². The van der Waals surface area contributed by atoms with Gasteiger partial charge in [-0.3, -0.25) is 0 Å². The summed E-state index contributed by atoms with van der Waals surface area (Å²) in [5.41, 5.74) is 1.20. The number of rotatable bonds is 4. The van der Waals surface area contributed by atoms with E-state index in [9.17, 15) is 0 Å². The molecule has 0 radical (unpaired) electrons. The molecule has 0 atom stereocenters. The minimum atomic E-state index is 0.571. The van der Waals surface area contributed by atoms with E-state index in [0.29, 0.717) is 5.92 Å². The molecule has 0 aliphatic carbocycles. The van der Waals surface area contributed by atoms with Crippen LogP contribution in [0.15, 0.2) is 36.6 Å². The third kappa shape index (κ3) is 2.48. The topological polar surface area (TPSA) is 21.3 Å². The van der Waals surface area contributed by atoms with Gasteiger partial charge in [-0.1, -0.05) is 19.2 Å². The molecular formula is C12H19NO. The van der Waals surface area contributed by atoms with Gasteiger partial charge < -0.3 is 10.1 Å². The fourth-order valence-corrected chi connectivity index (χ4v) is 1.92. The van der Waals surface area contributed by atoms with Crippen LogP contribution in [0.2, 0.25) is 0 Å². The maximum absolute atomic E-state index is 5.28. The molecule has 1 saturated heterocycles. The second kappa shape index (κ2) is 5.66. The fourth-order valence-electron chi connectivity index (χ4n) is 1.92. The van der Waals surface area contributed by atoms with Crippen molar-refractivity contribution >= 4 is 0 Å². The van der Waals surface area contributed by atoms with E-state index >= 15 is 0 Å². The summed E-state index contributed by atoms with van der Waals surface area (Å²) in [7, 11) is 1.68. The molecule has 0 spiro atoms. The van der Waals surface area contributed by atoms with Crippen LogP contribution in [0.5, 0.6) is 0 Å². The van der Waals surface area contributed by atoms with Crippen molar-refractivity contribution in [3.63, 3.8) is 0 Å². The lowest BCUT2D eigenvalue weighted by molar-refractivity contribution is 0.293. The van der Waals surface area contributed by atoms with Crippen LogP contribution in [0.4, 0.5) is 0 Å². The summed E-state index contributed by atoms with van der Waals surface area (Å²) >= 11 is 0. The van der Waals surface area contributed by atoms with Crippen LogP contribution in [-0.2, 0) is 4.74 Å². The van der Waals surface area contributed by atoms with E-state index < -0.39 is 0 Å². The van der Waals surface area contributed by atoms with E-state index in [-0.39, 0.29) is 0 Å². The van der Waals surface area contributed by atoms with Gasteiger partial charge in [0.1, 0.15) is 5.76 Å². The number of hydrogen-bond donors (Lipinski definition) is 1. The van der Waals surface area contributed by atoms with Gasteiger partial charge in [0.2, 0.25) is 0 Å². The van der Waals surface area contributed by atoms with E-state index in [1.807, 2.05) is 6.08 Å². The van der Waals surface area contributed by atoms with Crippen LogP contribution in [0.1, 0.15) is 12.8 Å². The van der Waals surface area contributed by atoms with Crippen molar-refractivity contribution in [1.82, 2.24) is 5.32 Å². The highest BCUT2D eigenvalue weighted by Gasteiger charge is 2.18. The Bertz CT molecular complexity index is 237. The van der Waals surface area contributed by atoms with Crippen molar-refractivity contribution < 1.29 is 4.74 Å². The molecule has 1 aliphatic rings. The summed E-state index contributed by atoms with van der Waals surface area (Å²) in [4.78, 5) is 0. The van der Waals surface area contributed by atoms with Crippen LogP contribution in [-0.4, -0.2) is 20.2 Å². The first-order valence-electron chi connectivity index (χ1n) is 5.07. The maximum Gasteiger partial charge on any atom is 0.121 e. The number of methoxy groups -OCH3 is 1. The van der Waals surface area contributed by atoms with Gasteiger partial charge in [-0.05, 0) is 43.5 Å². The predicted molar refractivity (Wildman–Crippen MR) is 60.0 cm³/mol. The second-order valence-corrected chi connectivity index (χ2v) is 3.46. The molecule has 14 heavy (non-hydrogen) atoms. The molecule has 0 bridgehead atoms. The van der Waals surface area contributed by atoms with Gasteiger partial charge >= 0.3 is 0 Å². The lowest BCUT2D eigenvalue weighted by atomic mass is 9.89. The van der Waals surface area contributed by atoms with Crippen molar-refractivity contribution in [2.45, 2.75) is 12.8 Å². The number of allylic oxidation sites excluding steroid dienone is 3. The Labute approximate surface area is 86.3 Å². The largest absolute Gasteiger partial charge is 0.496 e. The van der Waals surface area contributed by atoms with Gasteiger partial charge in [-0.25, -0.2) is 0 Å². The summed E-state index contributed by atoms with van der Waals surface area (Å²) in [6, 6.07) is 0. The molecule has 0 amide bonds. The molecule has 0 unspecified atom stereocenters. The zero-order valence-electron chi connectivity index (χ0n) is 8.88. The first-order chi connectivity index (χ1) is 6.83. The zero-order valence-corrected chi connectivity index (χ0v) is 8.88. The first kappa shape index (κ1) is 11.1. The van der Waals surface area contributed by atoms with E-state index in [0.717, 1.165) is 31.7 Å². The molecule has 1 rings (SSSR count). The maximum atomic E-state index is 5.28. The van der Waals surface area contributed by atoms with Gasteiger partial charge in [-0.15, -0.1) is 0 Å². The van der Waals surface area contributed by atoms with Crippen LogP contribution >= 0.6 is 0 Å². The normalized spacial score (nSPS) is 19.8. The average molecular weight is 193 g/mol. The molecule has 0 aromatic rings. The summed E-state index contributed by atoms with van der Waals surface area (Å²) in [5.74, 6) is 1.44. The third-order valence-electron chi connectivity index (χ3n) is 2.69. The molecule has 0 aromatic heterocycles.